The van der Waals surface area contributed by atoms with Crippen molar-refractivity contribution >= 4 is 12.0 Å². The summed E-state index contributed by atoms with van der Waals surface area (Å²) in [5.74, 6) is 0.595. The normalized spacial score (nSPS) is 17.8. The molecule has 1 N–H and O–H groups in total. The third kappa shape index (κ3) is 2.89. The first kappa shape index (κ1) is 13.5. The molecule has 0 fully saturated rings. The van der Waals surface area contributed by atoms with Crippen molar-refractivity contribution in [3.63, 3.8) is 0 Å². The Bertz CT molecular complexity index is 531. The Morgan fingerprint density at radius 1 is 1.58 bits per heavy atom. The summed E-state index contributed by atoms with van der Waals surface area (Å²) in [6.07, 6.45) is 2.63. The molecule has 1 aliphatic rings. The third-order valence-electron chi connectivity index (χ3n) is 3.04. The average Bonchev–Trinajstić information content (AvgIpc) is 2.68. The van der Waals surface area contributed by atoms with E-state index < -0.39 is 5.97 Å². The van der Waals surface area contributed by atoms with Gasteiger partial charge in [0.05, 0.1) is 6.61 Å². The Morgan fingerprint density at radius 3 is 2.95 bits per heavy atom. The first-order valence-corrected chi connectivity index (χ1v) is 6.39. The standard InChI is InChI=1S/C15H18O4/c1-4-18-13-7-12-6-10(3)19-14(12)8-11(13)5-9(2)15(16)17/h5,7-8,10H,4,6H2,1-3H3,(H,16,17). The van der Waals surface area contributed by atoms with E-state index in [1.165, 1.54) is 0 Å². The monoisotopic (exact) mass is 262 g/mol. The molecule has 0 radical (unpaired) electrons. The number of carboxylic acid groups (broad SMARTS) is 1. The molecule has 2 rings (SSSR count). The second-order valence-corrected chi connectivity index (χ2v) is 4.70. The van der Waals surface area contributed by atoms with Gasteiger partial charge in [0.25, 0.3) is 0 Å². The van der Waals surface area contributed by atoms with E-state index in [-0.39, 0.29) is 11.7 Å². The largest absolute Gasteiger partial charge is 0.493 e. The second kappa shape index (κ2) is 5.34. The summed E-state index contributed by atoms with van der Waals surface area (Å²) < 4.78 is 11.3. The molecule has 1 unspecified atom stereocenters. The molecular formula is C15H18O4. The summed E-state index contributed by atoms with van der Waals surface area (Å²) in [5, 5.41) is 8.96. The SMILES string of the molecule is CCOc1cc2c(cc1C=C(C)C(=O)O)OC(C)C2. The number of aliphatic carboxylic acids is 1. The molecule has 0 bridgehead atoms. The number of fused-ring (bicyclic) bond motifs is 1. The van der Waals surface area contributed by atoms with E-state index in [9.17, 15) is 4.79 Å². The number of carboxylic acids is 1. The molecule has 4 nitrogen and oxygen atoms in total. The van der Waals surface area contributed by atoms with Crippen LogP contribution in [0.2, 0.25) is 0 Å². The zero-order valence-corrected chi connectivity index (χ0v) is 11.4. The second-order valence-electron chi connectivity index (χ2n) is 4.70. The van der Waals surface area contributed by atoms with E-state index >= 15 is 0 Å². The van der Waals surface area contributed by atoms with Crippen LogP contribution in [-0.2, 0) is 11.2 Å². The molecule has 0 saturated heterocycles. The fourth-order valence-corrected chi connectivity index (χ4v) is 2.14. The van der Waals surface area contributed by atoms with Crippen LogP contribution in [0.1, 0.15) is 31.9 Å². The van der Waals surface area contributed by atoms with Gasteiger partial charge in [-0.25, -0.2) is 4.79 Å². The summed E-state index contributed by atoms with van der Waals surface area (Å²) in [4.78, 5) is 10.9. The van der Waals surface area contributed by atoms with Crippen molar-refractivity contribution in [3.8, 4) is 11.5 Å². The van der Waals surface area contributed by atoms with Gasteiger partial charge < -0.3 is 14.6 Å². The lowest BCUT2D eigenvalue weighted by atomic mass is 10.0. The van der Waals surface area contributed by atoms with Gasteiger partial charge in [0, 0.05) is 23.1 Å². The lowest BCUT2D eigenvalue weighted by molar-refractivity contribution is -0.132. The maximum atomic E-state index is 10.9. The lowest BCUT2D eigenvalue weighted by Gasteiger charge is -2.10. The van der Waals surface area contributed by atoms with E-state index in [1.54, 1.807) is 13.0 Å². The van der Waals surface area contributed by atoms with Gasteiger partial charge in [0.15, 0.2) is 0 Å². The number of benzene rings is 1. The van der Waals surface area contributed by atoms with Gasteiger partial charge in [-0.3, -0.25) is 0 Å². The van der Waals surface area contributed by atoms with Crippen molar-refractivity contribution < 1.29 is 19.4 Å². The number of hydrogen-bond donors (Lipinski definition) is 1. The third-order valence-corrected chi connectivity index (χ3v) is 3.04. The summed E-state index contributed by atoms with van der Waals surface area (Å²) in [7, 11) is 0. The summed E-state index contributed by atoms with van der Waals surface area (Å²) in [6, 6.07) is 3.81. The highest BCUT2D eigenvalue weighted by Crippen LogP contribution is 2.36. The molecule has 0 spiro atoms. The Hall–Kier alpha value is -1.97. The maximum absolute atomic E-state index is 10.9. The molecule has 4 heteroatoms. The van der Waals surface area contributed by atoms with Gasteiger partial charge in [-0.1, -0.05) is 0 Å². The average molecular weight is 262 g/mol. The zero-order valence-electron chi connectivity index (χ0n) is 11.4. The van der Waals surface area contributed by atoms with Gasteiger partial charge in [-0.05, 0) is 39.0 Å². The zero-order chi connectivity index (χ0) is 14.0. The summed E-state index contributed by atoms with van der Waals surface area (Å²) >= 11 is 0. The number of rotatable bonds is 4. The van der Waals surface area contributed by atoms with Crippen LogP contribution < -0.4 is 9.47 Å². The van der Waals surface area contributed by atoms with Crippen LogP contribution >= 0.6 is 0 Å². The Morgan fingerprint density at radius 2 is 2.32 bits per heavy atom. The highest BCUT2D eigenvalue weighted by Gasteiger charge is 2.21. The molecule has 1 aromatic carbocycles. The van der Waals surface area contributed by atoms with Gasteiger partial charge in [-0.2, -0.15) is 0 Å². The molecule has 1 heterocycles. The Kier molecular flexibility index (Phi) is 3.79. The number of carbonyl (C=O) groups is 1. The van der Waals surface area contributed by atoms with E-state index in [1.807, 2.05) is 26.0 Å². The number of hydrogen-bond acceptors (Lipinski definition) is 3. The van der Waals surface area contributed by atoms with Crippen LogP contribution in [0.25, 0.3) is 6.08 Å². The minimum Gasteiger partial charge on any atom is -0.493 e. The first-order valence-electron chi connectivity index (χ1n) is 6.39. The molecule has 1 aliphatic heterocycles. The molecule has 1 atom stereocenters. The van der Waals surface area contributed by atoms with Crippen molar-refractivity contribution in [1.82, 2.24) is 0 Å². The van der Waals surface area contributed by atoms with E-state index in [4.69, 9.17) is 14.6 Å². The van der Waals surface area contributed by atoms with Crippen LogP contribution in [-0.4, -0.2) is 23.8 Å². The summed E-state index contributed by atoms with van der Waals surface area (Å²) in [6.45, 7) is 6.03. The summed E-state index contributed by atoms with van der Waals surface area (Å²) in [5.41, 5.74) is 2.13. The highest BCUT2D eigenvalue weighted by molar-refractivity contribution is 5.92. The van der Waals surface area contributed by atoms with Gasteiger partial charge in [0.1, 0.15) is 17.6 Å². The first-order chi connectivity index (χ1) is 9.01. The fraction of sp³-hybridized carbons (Fsp3) is 0.400. The smallest absolute Gasteiger partial charge is 0.331 e. The predicted molar refractivity (Wildman–Crippen MR) is 72.7 cm³/mol. The topological polar surface area (TPSA) is 55.8 Å². The van der Waals surface area contributed by atoms with E-state index in [0.29, 0.717) is 12.4 Å². The number of ether oxygens (including phenoxy) is 2. The Labute approximate surface area is 112 Å². The van der Waals surface area contributed by atoms with Crippen molar-refractivity contribution in [2.24, 2.45) is 0 Å². The quantitative estimate of drug-likeness (QED) is 0.848. The molecular weight excluding hydrogens is 244 g/mol. The van der Waals surface area contributed by atoms with Crippen molar-refractivity contribution in [2.45, 2.75) is 33.3 Å². The van der Waals surface area contributed by atoms with E-state index in [2.05, 4.69) is 0 Å². The Balaban J connectivity index is 2.44. The predicted octanol–water partition coefficient (Wildman–Crippen LogP) is 2.90. The molecule has 0 amide bonds. The van der Waals surface area contributed by atoms with Crippen LogP contribution in [0.5, 0.6) is 11.5 Å². The fourth-order valence-electron chi connectivity index (χ4n) is 2.14. The lowest BCUT2D eigenvalue weighted by Crippen LogP contribution is -2.05. The highest BCUT2D eigenvalue weighted by atomic mass is 16.5. The maximum Gasteiger partial charge on any atom is 0.331 e. The molecule has 19 heavy (non-hydrogen) atoms. The van der Waals surface area contributed by atoms with Crippen LogP contribution in [0.3, 0.4) is 0 Å². The van der Waals surface area contributed by atoms with Crippen LogP contribution in [0.15, 0.2) is 17.7 Å². The molecule has 0 aromatic heterocycles. The minimum atomic E-state index is -0.933. The van der Waals surface area contributed by atoms with Gasteiger partial charge in [-0.15, -0.1) is 0 Å². The molecule has 1 aromatic rings. The van der Waals surface area contributed by atoms with Crippen molar-refractivity contribution in [3.05, 3.63) is 28.8 Å². The van der Waals surface area contributed by atoms with Crippen molar-refractivity contribution in [2.75, 3.05) is 6.61 Å². The van der Waals surface area contributed by atoms with Crippen LogP contribution in [0, 0.1) is 0 Å². The van der Waals surface area contributed by atoms with Crippen LogP contribution in [0.4, 0.5) is 0 Å². The molecule has 102 valence electrons. The van der Waals surface area contributed by atoms with Crippen molar-refractivity contribution in [1.29, 1.82) is 0 Å². The van der Waals surface area contributed by atoms with E-state index in [0.717, 1.165) is 23.3 Å². The minimum absolute atomic E-state index is 0.157. The molecule has 0 aliphatic carbocycles. The van der Waals surface area contributed by atoms with Gasteiger partial charge >= 0.3 is 5.97 Å². The molecule has 0 saturated carbocycles. The van der Waals surface area contributed by atoms with Gasteiger partial charge in [0.2, 0.25) is 0 Å².